The van der Waals surface area contributed by atoms with Crippen LogP contribution in [0.2, 0.25) is 0 Å². The number of likely N-dealkylation sites (N-methyl/N-ethyl adjacent to an activating group) is 1. The Bertz CT molecular complexity index is 674. The molecule has 2 amide bonds. The first kappa shape index (κ1) is 18.8. The summed E-state index contributed by atoms with van der Waals surface area (Å²) in [5.74, 6) is 0.794. The lowest BCUT2D eigenvalue weighted by Crippen LogP contribution is -2.41. The SMILES string of the molecule is COc1cccc(CN(C)C(=O)NCC(c2ccccc2)N(C)C)c1. The second-order valence-corrected chi connectivity index (χ2v) is 6.28. The third-order valence-electron chi connectivity index (χ3n) is 4.15. The van der Waals surface area contributed by atoms with Crippen molar-refractivity contribution in [1.82, 2.24) is 15.1 Å². The lowest BCUT2D eigenvalue weighted by molar-refractivity contribution is 0.200. The molecule has 0 heterocycles. The molecule has 0 fully saturated rings. The van der Waals surface area contributed by atoms with Gasteiger partial charge < -0.3 is 19.9 Å². The molecular formula is C20H27N3O2. The van der Waals surface area contributed by atoms with Gasteiger partial charge in [-0.05, 0) is 37.4 Å². The molecule has 0 aromatic heterocycles. The largest absolute Gasteiger partial charge is 0.497 e. The molecule has 0 aliphatic carbocycles. The van der Waals surface area contributed by atoms with Gasteiger partial charge in [-0.3, -0.25) is 0 Å². The van der Waals surface area contributed by atoms with E-state index in [9.17, 15) is 4.79 Å². The molecule has 5 heteroatoms. The quantitative estimate of drug-likeness (QED) is 0.841. The molecule has 1 unspecified atom stereocenters. The summed E-state index contributed by atoms with van der Waals surface area (Å²) in [5, 5.41) is 3.03. The fraction of sp³-hybridized carbons (Fsp3) is 0.350. The lowest BCUT2D eigenvalue weighted by atomic mass is 10.1. The summed E-state index contributed by atoms with van der Waals surface area (Å²) in [6, 6.07) is 18.0. The number of nitrogens with one attached hydrogen (secondary N) is 1. The number of ether oxygens (including phenoxy) is 1. The molecular weight excluding hydrogens is 314 g/mol. The molecule has 134 valence electrons. The van der Waals surface area contributed by atoms with Crippen molar-refractivity contribution in [3.05, 3.63) is 65.7 Å². The van der Waals surface area contributed by atoms with E-state index in [1.54, 1.807) is 19.1 Å². The molecule has 1 N–H and O–H groups in total. The van der Waals surface area contributed by atoms with Crippen LogP contribution in [0.1, 0.15) is 17.2 Å². The fourth-order valence-corrected chi connectivity index (χ4v) is 2.71. The Kier molecular flexibility index (Phi) is 6.83. The van der Waals surface area contributed by atoms with Crippen LogP contribution in [-0.4, -0.2) is 50.6 Å². The first-order valence-corrected chi connectivity index (χ1v) is 8.34. The monoisotopic (exact) mass is 341 g/mol. The smallest absolute Gasteiger partial charge is 0.317 e. The van der Waals surface area contributed by atoms with Gasteiger partial charge in [0.1, 0.15) is 5.75 Å². The number of carbonyl (C=O) groups excluding carboxylic acids is 1. The zero-order valence-corrected chi connectivity index (χ0v) is 15.4. The summed E-state index contributed by atoms with van der Waals surface area (Å²) >= 11 is 0. The predicted octanol–water partition coefficient (Wildman–Crippen LogP) is 3.14. The van der Waals surface area contributed by atoms with E-state index < -0.39 is 0 Å². The van der Waals surface area contributed by atoms with Gasteiger partial charge in [-0.15, -0.1) is 0 Å². The average molecular weight is 341 g/mol. The normalized spacial score (nSPS) is 11.9. The first-order chi connectivity index (χ1) is 12.0. The topological polar surface area (TPSA) is 44.8 Å². The van der Waals surface area contributed by atoms with Gasteiger partial charge in [-0.2, -0.15) is 0 Å². The van der Waals surface area contributed by atoms with Gasteiger partial charge in [0.2, 0.25) is 0 Å². The number of hydrogen-bond donors (Lipinski definition) is 1. The van der Waals surface area contributed by atoms with Crippen LogP contribution >= 0.6 is 0 Å². The molecule has 0 radical (unpaired) electrons. The van der Waals surface area contributed by atoms with E-state index in [1.807, 2.05) is 56.6 Å². The molecule has 2 aromatic rings. The molecule has 2 aromatic carbocycles. The molecule has 0 aliphatic rings. The maximum Gasteiger partial charge on any atom is 0.317 e. The van der Waals surface area contributed by atoms with E-state index in [4.69, 9.17) is 4.74 Å². The van der Waals surface area contributed by atoms with Crippen molar-refractivity contribution in [3.63, 3.8) is 0 Å². The van der Waals surface area contributed by atoms with Crippen molar-refractivity contribution < 1.29 is 9.53 Å². The van der Waals surface area contributed by atoms with Gasteiger partial charge >= 0.3 is 6.03 Å². The summed E-state index contributed by atoms with van der Waals surface area (Å²) in [6.45, 7) is 1.08. The van der Waals surface area contributed by atoms with E-state index in [1.165, 1.54) is 5.56 Å². The number of methoxy groups -OCH3 is 1. The molecule has 2 rings (SSSR count). The van der Waals surface area contributed by atoms with Gasteiger partial charge in [-0.1, -0.05) is 42.5 Å². The Balaban J connectivity index is 1.93. The predicted molar refractivity (Wildman–Crippen MR) is 101 cm³/mol. The van der Waals surface area contributed by atoms with Crippen molar-refractivity contribution >= 4 is 6.03 Å². The summed E-state index contributed by atoms with van der Waals surface area (Å²) in [7, 11) is 7.47. The molecule has 0 bridgehead atoms. The molecule has 0 saturated heterocycles. The number of urea groups is 1. The second kappa shape index (κ2) is 9.08. The molecule has 0 saturated carbocycles. The second-order valence-electron chi connectivity index (χ2n) is 6.28. The molecule has 1 atom stereocenters. The van der Waals surface area contributed by atoms with Gasteiger partial charge in [-0.25, -0.2) is 4.79 Å². The summed E-state index contributed by atoms with van der Waals surface area (Å²) in [4.78, 5) is 16.2. The van der Waals surface area contributed by atoms with Gasteiger partial charge in [0.15, 0.2) is 0 Å². The zero-order chi connectivity index (χ0) is 18.2. The summed E-state index contributed by atoms with van der Waals surface area (Å²) in [5.41, 5.74) is 2.22. The van der Waals surface area contributed by atoms with Crippen LogP contribution < -0.4 is 10.1 Å². The minimum atomic E-state index is -0.0920. The number of amides is 2. The van der Waals surface area contributed by atoms with Crippen LogP contribution in [0.25, 0.3) is 0 Å². The zero-order valence-electron chi connectivity index (χ0n) is 15.4. The highest BCUT2D eigenvalue weighted by Gasteiger charge is 2.16. The standard InChI is InChI=1S/C20H27N3O2/c1-22(2)19(17-10-6-5-7-11-17)14-21-20(24)23(3)15-16-9-8-12-18(13-16)25-4/h5-13,19H,14-15H2,1-4H3,(H,21,24). The highest BCUT2D eigenvalue weighted by molar-refractivity contribution is 5.73. The Morgan fingerprint density at radius 2 is 1.80 bits per heavy atom. The van der Waals surface area contributed by atoms with Gasteiger partial charge in [0, 0.05) is 20.1 Å². The third kappa shape index (κ3) is 5.50. The number of nitrogens with zero attached hydrogens (tertiary/aromatic N) is 2. The van der Waals surface area contributed by atoms with Crippen LogP contribution in [0.5, 0.6) is 5.75 Å². The van der Waals surface area contributed by atoms with Crippen LogP contribution in [0.3, 0.4) is 0 Å². The van der Waals surface area contributed by atoms with Crippen molar-refractivity contribution in [2.24, 2.45) is 0 Å². The Hall–Kier alpha value is -2.53. The Labute approximate surface area is 150 Å². The van der Waals surface area contributed by atoms with E-state index >= 15 is 0 Å². The van der Waals surface area contributed by atoms with Crippen molar-refractivity contribution in [2.75, 3.05) is 34.8 Å². The Morgan fingerprint density at radius 3 is 2.44 bits per heavy atom. The third-order valence-corrected chi connectivity index (χ3v) is 4.15. The number of carbonyl (C=O) groups is 1. The van der Waals surface area contributed by atoms with E-state index in [0.717, 1.165) is 11.3 Å². The van der Waals surface area contributed by atoms with Gasteiger partial charge in [0.25, 0.3) is 0 Å². The van der Waals surface area contributed by atoms with E-state index in [2.05, 4.69) is 22.3 Å². The maximum atomic E-state index is 12.4. The van der Waals surface area contributed by atoms with Crippen LogP contribution in [-0.2, 0) is 6.54 Å². The highest BCUT2D eigenvalue weighted by atomic mass is 16.5. The van der Waals surface area contributed by atoms with Crippen LogP contribution in [0, 0.1) is 0 Å². The number of hydrogen-bond acceptors (Lipinski definition) is 3. The number of benzene rings is 2. The van der Waals surface area contributed by atoms with E-state index in [-0.39, 0.29) is 12.1 Å². The highest BCUT2D eigenvalue weighted by Crippen LogP contribution is 2.17. The molecule has 0 spiro atoms. The van der Waals surface area contributed by atoms with Crippen molar-refractivity contribution in [3.8, 4) is 5.75 Å². The number of rotatable bonds is 7. The molecule has 0 aliphatic heterocycles. The van der Waals surface area contributed by atoms with Crippen LogP contribution in [0.4, 0.5) is 4.79 Å². The molecule has 25 heavy (non-hydrogen) atoms. The summed E-state index contributed by atoms with van der Waals surface area (Å²) in [6.07, 6.45) is 0. The van der Waals surface area contributed by atoms with Gasteiger partial charge in [0.05, 0.1) is 13.2 Å². The van der Waals surface area contributed by atoms with Crippen LogP contribution in [0.15, 0.2) is 54.6 Å². The van der Waals surface area contributed by atoms with E-state index in [0.29, 0.717) is 13.1 Å². The molecule has 5 nitrogen and oxygen atoms in total. The van der Waals surface area contributed by atoms with Crippen molar-refractivity contribution in [2.45, 2.75) is 12.6 Å². The summed E-state index contributed by atoms with van der Waals surface area (Å²) < 4.78 is 5.23. The van der Waals surface area contributed by atoms with Crippen molar-refractivity contribution in [1.29, 1.82) is 0 Å². The minimum Gasteiger partial charge on any atom is -0.497 e. The Morgan fingerprint density at radius 1 is 1.08 bits per heavy atom. The maximum absolute atomic E-state index is 12.4. The minimum absolute atomic E-state index is 0.0920. The average Bonchev–Trinajstić information content (AvgIpc) is 2.62. The lowest BCUT2D eigenvalue weighted by Gasteiger charge is -2.26. The fourth-order valence-electron chi connectivity index (χ4n) is 2.71. The first-order valence-electron chi connectivity index (χ1n) is 8.34.